The number of carboxylic acids is 2. The van der Waals surface area contributed by atoms with Crippen molar-refractivity contribution < 1.29 is 24.6 Å². The van der Waals surface area contributed by atoms with Crippen molar-refractivity contribution in [1.29, 1.82) is 0 Å². The predicted molar refractivity (Wildman–Crippen MR) is 90.9 cm³/mol. The highest BCUT2D eigenvalue weighted by Gasteiger charge is 2.09. The number of carbonyl (C=O) groups is 3. The molecule has 0 saturated heterocycles. The average molecular weight is 345 g/mol. The molecule has 0 fully saturated rings. The molecular formula is C17H19N3O5. The van der Waals surface area contributed by atoms with Crippen LogP contribution in [0, 0.1) is 0 Å². The van der Waals surface area contributed by atoms with Gasteiger partial charge in [-0.1, -0.05) is 6.92 Å². The summed E-state index contributed by atoms with van der Waals surface area (Å²) < 4.78 is 0. The summed E-state index contributed by atoms with van der Waals surface area (Å²) in [6, 6.07) is 3.03. The van der Waals surface area contributed by atoms with Gasteiger partial charge in [0.05, 0.1) is 23.0 Å². The summed E-state index contributed by atoms with van der Waals surface area (Å²) in [7, 11) is 1.56. The van der Waals surface area contributed by atoms with Gasteiger partial charge in [0.15, 0.2) is 0 Å². The van der Waals surface area contributed by atoms with Crippen molar-refractivity contribution in [3.8, 4) is 0 Å². The number of amides is 1. The molecular weight excluding hydrogens is 326 g/mol. The minimum atomic E-state index is -1.06. The van der Waals surface area contributed by atoms with Crippen LogP contribution in [0.1, 0.15) is 40.1 Å². The van der Waals surface area contributed by atoms with Crippen molar-refractivity contribution in [2.45, 2.75) is 20.3 Å². The standard InChI is InChI=1S/C9H10N2O3.C8H9NO2/c1-6(12)11(2)8-3-7(9(13)14)4-10-5-8;1-2-6-3-7(8(10)11)5-9-4-6/h3-5H,1-2H3,(H,13,14);3-5H,2H2,1H3,(H,10,11). The van der Waals surface area contributed by atoms with Crippen molar-refractivity contribution in [3.05, 3.63) is 53.6 Å². The molecule has 2 aromatic rings. The molecule has 8 heteroatoms. The molecule has 0 aliphatic rings. The van der Waals surface area contributed by atoms with Gasteiger partial charge in [-0.15, -0.1) is 0 Å². The van der Waals surface area contributed by atoms with Gasteiger partial charge in [-0.25, -0.2) is 9.59 Å². The van der Waals surface area contributed by atoms with E-state index in [4.69, 9.17) is 10.2 Å². The monoisotopic (exact) mass is 345 g/mol. The molecule has 0 aliphatic heterocycles. The summed E-state index contributed by atoms with van der Waals surface area (Å²) in [5.74, 6) is -2.15. The van der Waals surface area contributed by atoms with Crippen LogP contribution >= 0.6 is 0 Å². The number of hydrogen-bond acceptors (Lipinski definition) is 5. The van der Waals surface area contributed by atoms with Gasteiger partial charge in [-0.3, -0.25) is 14.8 Å². The second-order valence-electron chi connectivity index (χ2n) is 5.06. The van der Waals surface area contributed by atoms with Crippen molar-refractivity contribution in [1.82, 2.24) is 9.97 Å². The highest BCUT2D eigenvalue weighted by Crippen LogP contribution is 2.12. The normalized spacial score (nSPS) is 9.56. The van der Waals surface area contributed by atoms with E-state index in [9.17, 15) is 14.4 Å². The first kappa shape index (κ1) is 19.8. The number of anilines is 1. The van der Waals surface area contributed by atoms with Gasteiger partial charge in [0, 0.05) is 32.6 Å². The Kier molecular flexibility index (Phi) is 7.20. The Morgan fingerprint density at radius 2 is 1.48 bits per heavy atom. The highest BCUT2D eigenvalue weighted by atomic mass is 16.4. The van der Waals surface area contributed by atoms with Crippen molar-refractivity contribution in [3.63, 3.8) is 0 Å². The van der Waals surface area contributed by atoms with E-state index >= 15 is 0 Å². The van der Waals surface area contributed by atoms with Gasteiger partial charge in [0.25, 0.3) is 0 Å². The molecule has 0 aromatic carbocycles. The number of nitrogens with zero attached hydrogens (tertiary/aromatic N) is 3. The molecule has 2 aromatic heterocycles. The van der Waals surface area contributed by atoms with Crippen LogP contribution in [0.25, 0.3) is 0 Å². The predicted octanol–water partition coefficient (Wildman–Crippen LogP) is 2.10. The van der Waals surface area contributed by atoms with Crippen molar-refractivity contribution >= 4 is 23.5 Å². The Morgan fingerprint density at radius 1 is 0.960 bits per heavy atom. The molecule has 25 heavy (non-hydrogen) atoms. The van der Waals surface area contributed by atoms with E-state index in [0.717, 1.165) is 12.0 Å². The zero-order chi connectivity index (χ0) is 19.0. The molecule has 0 radical (unpaired) electrons. The number of carbonyl (C=O) groups excluding carboxylic acids is 1. The number of pyridine rings is 2. The van der Waals surface area contributed by atoms with Gasteiger partial charge < -0.3 is 15.1 Å². The van der Waals surface area contributed by atoms with Gasteiger partial charge in [0.1, 0.15) is 0 Å². The fraction of sp³-hybridized carbons (Fsp3) is 0.235. The third-order valence-corrected chi connectivity index (χ3v) is 3.28. The minimum absolute atomic E-state index is 0.0654. The molecule has 8 nitrogen and oxygen atoms in total. The molecule has 1 amide bonds. The highest BCUT2D eigenvalue weighted by molar-refractivity contribution is 5.93. The number of aromatic carboxylic acids is 2. The average Bonchev–Trinajstić information content (AvgIpc) is 2.61. The zero-order valence-corrected chi connectivity index (χ0v) is 14.1. The summed E-state index contributed by atoms with van der Waals surface area (Å²) in [5.41, 5.74) is 1.74. The first-order valence-electron chi connectivity index (χ1n) is 7.36. The van der Waals surface area contributed by atoms with Crippen LogP contribution in [-0.4, -0.2) is 45.1 Å². The summed E-state index contributed by atoms with van der Waals surface area (Å²) in [6.07, 6.45) is 6.51. The van der Waals surface area contributed by atoms with Crippen LogP contribution in [0.15, 0.2) is 36.9 Å². The van der Waals surface area contributed by atoms with Crippen LogP contribution in [0.3, 0.4) is 0 Å². The van der Waals surface area contributed by atoms with Gasteiger partial charge in [-0.2, -0.15) is 0 Å². The topological polar surface area (TPSA) is 121 Å². The second kappa shape index (κ2) is 9.11. The van der Waals surface area contributed by atoms with E-state index < -0.39 is 11.9 Å². The lowest BCUT2D eigenvalue weighted by molar-refractivity contribution is -0.116. The lowest BCUT2D eigenvalue weighted by Gasteiger charge is -2.14. The number of hydrogen-bond donors (Lipinski definition) is 2. The third-order valence-electron chi connectivity index (χ3n) is 3.28. The Labute approximate surface area is 144 Å². The first-order chi connectivity index (χ1) is 11.8. The molecule has 2 rings (SSSR count). The van der Waals surface area contributed by atoms with E-state index in [0.29, 0.717) is 5.69 Å². The molecule has 0 atom stereocenters. The van der Waals surface area contributed by atoms with E-state index in [1.807, 2.05) is 6.92 Å². The van der Waals surface area contributed by atoms with E-state index in [2.05, 4.69) is 9.97 Å². The summed E-state index contributed by atoms with van der Waals surface area (Å²) in [4.78, 5) is 40.9. The maximum atomic E-state index is 11.0. The Morgan fingerprint density at radius 3 is 1.96 bits per heavy atom. The Balaban J connectivity index is 0.000000257. The van der Waals surface area contributed by atoms with Crippen LogP contribution in [0.5, 0.6) is 0 Å². The zero-order valence-electron chi connectivity index (χ0n) is 14.1. The van der Waals surface area contributed by atoms with Crippen molar-refractivity contribution in [2.75, 3.05) is 11.9 Å². The number of aryl methyl sites for hydroxylation is 1. The molecule has 0 unspecified atom stereocenters. The fourth-order valence-electron chi connectivity index (χ4n) is 1.71. The number of carboxylic acid groups (broad SMARTS) is 2. The van der Waals surface area contributed by atoms with Gasteiger partial charge in [0.2, 0.25) is 5.91 Å². The van der Waals surface area contributed by atoms with E-state index in [1.54, 1.807) is 19.3 Å². The molecule has 0 saturated carbocycles. The SMILES string of the molecule is CC(=O)N(C)c1cncc(C(=O)O)c1.CCc1cncc(C(=O)O)c1. The second-order valence-corrected chi connectivity index (χ2v) is 5.06. The van der Waals surface area contributed by atoms with Crippen LogP contribution in [0.4, 0.5) is 5.69 Å². The van der Waals surface area contributed by atoms with Crippen LogP contribution < -0.4 is 4.90 Å². The van der Waals surface area contributed by atoms with Crippen molar-refractivity contribution in [2.24, 2.45) is 0 Å². The summed E-state index contributed by atoms with van der Waals surface area (Å²) in [5, 5.41) is 17.3. The lowest BCUT2D eigenvalue weighted by Crippen LogP contribution is -2.23. The number of rotatable bonds is 4. The van der Waals surface area contributed by atoms with Crippen LogP contribution in [0.2, 0.25) is 0 Å². The van der Waals surface area contributed by atoms with E-state index in [-0.39, 0.29) is 17.0 Å². The Bertz CT molecular complexity index is 776. The Hall–Kier alpha value is -3.29. The third kappa shape index (κ3) is 6.02. The van der Waals surface area contributed by atoms with Crippen LogP contribution in [-0.2, 0) is 11.2 Å². The number of aromatic nitrogens is 2. The molecule has 132 valence electrons. The van der Waals surface area contributed by atoms with Gasteiger partial charge >= 0.3 is 11.9 Å². The van der Waals surface area contributed by atoms with E-state index in [1.165, 1.54) is 36.5 Å². The largest absolute Gasteiger partial charge is 0.478 e. The lowest BCUT2D eigenvalue weighted by atomic mass is 10.2. The smallest absolute Gasteiger partial charge is 0.337 e. The molecule has 0 aliphatic carbocycles. The fourth-order valence-corrected chi connectivity index (χ4v) is 1.71. The molecule has 0 bridgehead atoms. The first-order valence-corrected chi connectivity index (χ1v) is 7.36. The van der Waals surface area contributed by atoms with Gasteiger partial charge in [-0.05, 0) is 24.1 Å². The maximum Gasteiger partial charge on any atom is 0.337 e. The quantitative estimate of drug-likeness (QED) is 0.870. The summed E-state index contributed by atoms with van der Waals surface area (Å²) >= 11 is 0. The minimum Gasteiger partial charge on any atom is -0.478 e. The summed E-state index contributed by atoms with van der Waals surface area (Å²) in [6.45, 7) is 3.36. The maximum absolute atomic E-state index is 11.0. The molecule has 0 spiro atoms. The molecule has 2 heterocycles. The molecule has 2 N–H and O–H groups in total.